The van der Waals surface area contributed by atoms with Crippen LogP contribution in [0.4, 0.5) is 0 Å². The van der Waals surface area contributed by atoms with Crippen molar-refractivity contribution in [2.45, 2.75) is 19.3 Å². The molecule has 0 saturated carbocycles. The monoisotopic (exact) mass is 150 g/mol. The lowest BCUT2D eigenvalue weighted by Gasteiger charge is -1.93. The van der Waals surface area contributed by atoms with Crippen molar-refractivity contribution in [1.29, 1.82) is 0 Å². The SMILES string of the molecule is C#CCCCc1nnnn1C. The number of aryl methyl sites for hydroxylation is 2. The normalized spacial score (nSPS) is 9.45. The molecule has 4 heteroatoms. The van der Waals surface area contributed by atoms with Gasteiger partial charge in [0.25, 0.3) is 0 Å². The molecular weight excluding hydrogens is 140 g/mol. The number of nitrogens with zero attached hydrogens (tertiary/aromatic N) is 4. The summed E-state index contributed by atoms with van der Waals surface area (Å²) in [6, 6.07) is 0. The van der Waals surface area contributed by atoms with Crippen LogP contribution in [-0.2, 0) is 13.5 Å². The van der Waals surface area contributed by atoms with Gasteiger partial charge in [-0.25, -0.2) is 4.68 Å². The second-order valence-electron chi connectivity index (χ2n) is 2.28. The molecule has 0 atom stereocenters. The van der Waals surface area contributed by atoms with E-state index in [0.29, 0.717) is 0 Å². The highest BCUT2D eigenvalue weighted by Crippen LogP contribution is 1.97. The van der Waals surface area contributed by atoms with Crippen LogP contribution in [0.2, 0.25) is 0 Å². The summed E-state index contributed by atoms with van der Waals surface area (Å²) in [4.78, 5) is 0. The number of unbranched alkanes of at least 4 members (excludes halogenated alkanes) is 1. The Morgan fingerprint density at radius 2 is 2.45 bits per heavy atom. The number of terminal acetylenes is 1. The minimum Gasteiger partial charge on any atom is -0.233 e. The maximum Gasteiger partial charge on any atom is 0.150 e. The molecule has 0 unspecified atom stereocenters. The van der Waals surface area contributed by atoms with Gasteiger partial charge in [0.15, 0.2) is 5.82 Å². The minimum atomic E-state index is 0.785. The molecule has 4 nitrogen and oxygen atoms in total. The van der Waals surface area contributed by atoms with Crippen LogP contribution < -0.4 is 0 Å². The molecule has 1 heterocycles. The van der Waals surface area contributed by atoms with E-state index >= 15 is 0 Å². The van der Waals surface area contributed by atoms with E-state index in [0.717, 1.165) is 25.1 Å². The lowest BCUT2D eigenvalue weighted by atomic mass is 10.2. The van der Waals surface area contributed by atoms with Gasteiger partial charge < -0.3 is 0 Å². The largest absolute Gasteiger partial charge is 0.233 e. The molecule has 0 N–H and O–H groups in total. The van der Waals surface area contributed by atoms with Gasteiger partial charge in [-0.05, 0) is 16.8 Å². The summed E-state index contributed by atoms with van der Waals surface area (Å²) < 4.78 is 1.66. The molecule has 0 aromatic carbocycles. The first-order valence-corrected chi connectivity index (χ1v) is 3.49. The zero-order valence-electron chi connectivity index (χ0n) is 6.49. The molecule has 11 heavy (non-hydrogen) atoms. The quantitative estimate of drug-likeness (QED) is 0.455. The van der Waals surface area contributed by atoms with Crippen LogP contribution in [0.3, 0.4) is 0 Å². The summed E-state index contributed by atoms with van der Waals surface area (Å²) in [5.74, 6) is 3.46. The molecule has 0 fully saturated rings. The van der Waals surface area contributed by atoms with Gasteiger partial charge in [-0.2, -0.15) is 0 Å². The Balaban J connectivity index is 2.40. The van der Waals surface area contributed by atoms with Crippen molar-refractivity contribution < 1.29 is 0 Å². The van der Waals surface area contributed by atoms with E-state index in [9.17, 15) is 0 Å². The Labute approximate surface area is 65.6 Å². The van der Waals surface area contributed by atoms with E-state index in [4.69, 9.17) is 6.42 Å². The van der Waals surface area contributed by atoms with E-state index in [2.05, 4.69) is 21.4 Å². The molecular formula is C7H10N4. The van der Waals surface area contributed by atoms with Crippen molar-refractivity contribution >= 4 is 0 Å². The van der Waals surface area contributed by atoms with Gasteiger partial charge >= 0.3 is 0 Å². The van der Waals surface area contributed by atoms with Crippen LogP contribution in [0.1, 0.15) is 18.7 Å². The van der Waals surface area contributed by atoms with Crippen LogP contribution in [0.25, 0.3) is 0 Å². The third kappa shape index (κ3) is 2.04. The van der Waals surface area contributed by atoms with Gasteiger partial charge in [-0.15, -0.1) is 17.4 Å². The van der Waals surface area contributed by atoms with Gasteiger partial charge in [0.2, 0.25) is 0 Å². The Bertz CT molecular complexity index is 258. The topological polar surface area (TPSA) is 43.6 Å². The fraction of sp³-hybridized carbons (Fsp3) is 0.571. The number of rotatable bonds is 3. The maximum atomic E-state index is 5.10. The number of tetrazole rings is 1. The van der Waals surface area contributed by atoms with E-state index in [1.165, 1.54) is 0 Å². The maximum absolute atomic E-state index is 5.10. The smallest absolute Gasteiger partial charge is 0.150 e. The highest BCUT2D eigenvalue weighted by Gasteiger charge is 1.99. The molecule has 0 bridgehead atoms. The minimum absolute atomic E-state index is 0.785. The van der Waals surface area contributed by atoms with Crippen molar-refractivity contribution in [3.05, 3.63) is 5.82 Å². The Hall–Kier alpha value is -1.37. The highest BCUT2D eigenvalue weighted by molar-refractivity contribution is 4.86. The summed E-state index contributed by atoms with van der Waals surface area (Å²) >= 11 is 0. The number of aromatic nitrogens is 4. The van der Waals surface area contributed by atoms with Crippen LogP contribution >= 0.6 is 0 Å². The van der Waals surface area contributed by atoms with E-state index in [-0.39, 0.29) is 0 Å². The van der Waals surface area contributed by atoms with Crippen LogP contribution in [0.15, 0.2) is 0 Å². The summed E-state index contributed by atoms with van der Waals surface area (Å²) in [6.07, 6.45) is 7.69. The first-order chi connectivity index (χ1) is 5.34. The molecule has 1 aromatic heterocycles. The molecule has 1 aromatic rings. The Morgan fingerprint density at radius 3 is 3.00 bits per heavy atom. The third-order valence-corrected chi connectivity index (χ3v) is 1.43. The van der Waals surface area contributed by atoms with Crippen molar-refractivity contribution in [2.24, 2.45) is 7.05 Å². The number of hydrogen-bond acceptors (Lipinski definition) is 3. The van der Waals surface area contributed by atoms with Gasteiger partial charge in [-0.3, -0.25) is 0 Å². The second-order valence-corrected chi connectivity index (χ2v) is 2.28. The van der Waals surface area contributed by atoms with Gasteiger partial charge in [0.05, 0.1) is 0 Å². The standard InChI is InChI=1S/C7H10N4/c1-3-4-5-6-7-8-9-10-11(7)2/h1H,4-6H2,2H3. The van der Waals surface area contributed by atoms with Crippen molar-refractivity contribution in [1.82, 2.24) is 20.2 Å². The molecule has 0 aliphatic rings. The van der Waals surface area contributed by atoms with Gasteiger partial charge in [-0.1, -0.05) is 0 Å². The second kappa shape index (κ2) is 3.71. The van der Waals surface area contributed by atoms with Crippen LogP contribution in [0, 0.1) is 12.3 Å². The Morgan fingerprint density at radius 1 is 1.64 bits per heavy atom. The van der Waals surface area contributed by atoms with Crippen LogP contribution in [0.5, 0.6) is 0 Å². The first kappa shape index (κ1) is 7.73. The van der Waals surface area contributed by atoms with Crippen molar-refractivity contribution in [3.8, 4) is 12.3 Å². The van der Waals surface area contributed by atoms with Gasteiger partial charge in [0, 0.05) is 19.9 Å². The molecule has 0 aliphatic heterocycles. The zero-order chi connectivity index (χ0) is 8.10. The third-order valence-electron chi connectivity index (χ3n) is 1.43. The van der Waals surface area contributed by atoms with E-state index < -0.39 is 0 Å². The summed E-state index contributed by atoms with van der Waals surface area (Å²) in [5, 5.41) is 11.0. The lowest BCUT2D eigenvalue weighted by molar-refractivity contribution is 0.662. The molecule has 0 saturated heterocycles. The molecule has 0 spiro atoms. The Kier molecular flexibility index (Phi) is 2.61. The van der Waals surface area contributed by atoms with Crippen molar-refractivity contribution in [2.75, 3.05) is 0 Å². The lowest BCUT2D eigenvalue weighted by Crippen LogP contribution is -1.99. The van der Waals surface area contributed by atoms with Crippen molar-refractivity contribution in [3.63, 3.8) is 0 Å². The molecule has 0 amide bonds. The molecule has 58 valence electrons. The summed E-state index contributed by atoms with van der Waals surface area (Å²) in [7, 11) is 1.82. The predicted molar refractivity (Wildman–Crippen MR) is 40.6 cm³/mol. The first-order valence-electron chi connectivity index (χ1n) is 3.49. The predicted octanol–water partition coefficient (Wildman–Crippen LogP) is 0.166. The fourth-order valence-corrected chi connectivity index (χ4v) is 0.808. The zero-order valence-corrected chi connectivity index (χ0v) is 6.49. The molecule has 0 radical (unpaired) electrons. The van der Waals surface area contributed by atoms with Crippen LogP contribution in [-0.4, -0.2) is 20.2 Å². The highest BCUT2D eigenvalue weighted by atomic mass is 15.5. The molecule has 0 aliphatic carbocycles. The van der Waals surface area contributed by atoms with E-state index in [1.54, 1.807) is 4.68 Å². The number of hydrogen-bond donors (Lipinski definition) is 0. The molecule has 1 rings (SSSR count). The fourth-order valence-electron chi connectivity index (χ4n) is 0.808. The summed E-state index contributed by atoms with van der Waals surface area (Å²) in [6.45, 7) is 0. The summed E-state index contributed by atoms with van der Waals surface area (Å²) in [5.41, 5.74) is 0. The van der Waals surface area contributed by atoms with E-state index in [1.807, 2.05) is 7.05 Å². The average Bonchev–Trinajstić information content (AvgIpc) is 2.37. The average molecular weight is 150 g/mol. The van der Waals surface area contributed by atoms with Gasteiger partial charge in [0.1, 0.15) is 0 Å².